The first kappa shape index (κ1) is 15.2. The van der Waals surface area contributed by atoms with Crippen molar-refractivity contribution in [2.75, 3.05) is 34.0 Å². The molecule has 3 fully saturated rings. The molecule has 1 spiro atoms. The smallest absolute Gasteiger partial charge is 0.170 e. The van der Waals surface area contributed by atoms with Gasteiger partial charge in [0.15, 0.2) is 17.3 Å². The normalized spacial score (nSPS) is 32.0. The van der Waals surface area contributed by atoms with Crippen LogP contribution in [0, 0.1) is 0 Å². The van der Waals surface area contributed by atoms with Gasteiger partial charge in [-0.2, -0.15) is 0 Å². The molecule has 1 saturated carbocycles. The topological polar surface area (TPSA) is 49.0 Å². The van der Waals surface area contributed by atoms with Crippen LogP contribution in [0.25, 0.3) is 0 Å². The van der Waals surface area contributed by atoms with Gasteiger partial charge < -0.3 is 24.3 Å². The van der Waals surface area contributed by atoms with E-state index in [2.05, 4.69) is 17.4 Å². The number of ether oxygens (including phenoxy) is 4. The zero-order chi connectivity index (χ0) is 15.9. The van der Waals surface area contributed by atoms with E-state index in [1.807, 2.05) is 6.07 Å². The van der Waals surface area contributed by atoms with Gasteiger partial charge in [0.05, 0.1) is 27.4 Å². The maximum Gasteiger partial charge on any atom is 0.170 e. The van der Waals surface area contributed by atoms with E-state index in [0.717, 1.165) is 56.9 Å². The Morgan fingerprint density at radius 3 is 2.57 bits per heavy atom. The summed E-state index contributed by atoms with van der Waals surface area (Å²) in [5.41, 5.74) is 1.47. The SMILES string of the molecule is COc1ccc(C23CCNC2CC2(CC3)OCCO2)cc1OC. The average molecular weight is 319 g/mol. The molecular weight excluding hydrogens is 294 g/mol. The summed E-state index contributed by atoms with van der Waals surface area (Å²) in [6, 6.07) is 6.74. The minimum absolute atomic E-state index is 0.139. The summed E-state index contributed by atoms with van der Waals surface area (Å²) in [5.74, 6) is 1.23. The van der Waals surface area contributed by atoms with Crippen LogP contribution in [0.4, 0.5) is 0 Å². The third-order valence-electron chi connectivity index (χ3n) is 5.87. The molecule has 0 aromatic heterocycles. The number of hydrogen-bond donors (Lipinski definition) is 1. The number of fused-ring (bicyclic) bond motifs is 1. The van der Waals surface area contributed by atoms with E-state index in [1.165, 1.54) is 5.56 Å². The fraction of sp³-hybridized carbons (Fsp3) is 0.667. The van der Waals surface area contributed by atoms with Gasteiger partial charge in [-0.15, -0.1) is 0 Å². The van der Waals surface area contributed by atoms with Crippen molar-refractivity contribution in [1.29, 1.82) is 0 Å². The molecule has 0 radical (unpaired) electrons. The molecule has 5 heteroatoms. The molecular formula is C18H25NO4. The standard InChI is InChI=1S/C18H25NO4/c1-20-14-4-3-13(11-15(14)21-2)17-5-6-18(22-9-10-23-18)12-16(17)19-8-7-17/h3-4,11,16,19H,5-10,12H2,1-2H3. The van der Waals surface area contributed by atoms with E-state index in [0.29, 0.717) is 6.04 Å². The van der Waals surface area contributed by atoms with E-state index in [4.69, 9.17) is 18.9 Å². The van der Waals surface area contributed by atoms with Crippen LogP contribution in [0.3, 0.4) is 0 Å². The van der Waals surface area contributed by atoms with Gasteiger partial charge in [0.1, 0.15) is 0 Å². The Labute approximate surface area is 137 Å². The van der Waals surface area contributed by atoms with Crippen molar-refractivity contribution < 1.29 is 18.9 Å². The minimum Gasteiger partial charge on any atom is -0.493 e. The first-order valence-electron chi connectivity index (χ1n) is 8.45. The summed E-state index contributed by atoms with van der Waals surface area (Å²) in [7, 11) is 3.37. The zero-order valence-electron chi connectivity index (χ0n) is 13.9. The van der Waals surface area contributed by atoms with Crippen molar-refractivity contribution >= 4 is 0 Å². The summed E-state index contributed by atoms with van der Waals surface area (Å²) >= 11 is 0. The highest BCUT2D eigenvalue weighted by atomic mass is 16.7. The molecule has 2 atom stereocenters. The van der Waals surface area contributed by atoms with Crippen LogP contribution < -0.4 is 14.8 Å². The Hall–Kier alpha value is -1.30. The molecule has 126 valence electrons. The molecule has 2 saturated heterocycles. The molecule has 5 nitrogen and oxygen atoms in total. The highest BCUT2D eigenvalue weighted by molar-refractivity contribution is 5.46. The predicted octanol–water partition coefficient (Wildman–Crippen LogP) is 2.23. The second-order valence-electron chi connectivity index (χ2n) is 6.79. The molecule has 0 bridgehead atoms. The quantitative estimate of drug-likeness (QED) is 0.926. The van der Waals surface area contributed by atoms with Crippen LogP contribution >= 0.6 is 0 Å². The summed E-state index contributed by atoms with van der Waals surface area (Å²) in [5, 5.41) is 3.68. The van der Waals surface area contributed by atoms with Crippen molar-refractivity contribution in [3.8, 4) is 11.5 Å². The maximum absolute atomic E-state index is 5.94. The van der Waals surface area contributed by atoms with Gasteiger partial charge in [-0.25, -0.2) is 0 Å². The average Bonchev–Trinajstić information content (AvgIpc) is 3.22. The minimum atomic E-state index is -0.359. The van der Waals surface area contributed by atoms with Gasteiger partial charge in [0, 0.05) is 24.3 Å². The molecule has 0 amide bonds. The molecule has 2 aliphatic heterocycles. The summed E-state index contributed by atoms with van der Waals surface area (Å²) in [4.78, 5) is 0. The van der Waals surface area contributed by atoms with Crippen LogP contribution in [0.2, 0.25) is 0 Å². The van der Waals surface area contributed by atoms with Gasteiger partial charge in [-0.3, -0.25) is 0 Å². The van der Waals surface area contributed by atoms with E-state index in [-0.39, 0.29) is 11.2 Å². The lowest BCUT2D eigenvalue weighted by Crippen LogP contribution is -2.52. The van der Waals surface area contributed by atoms with Crippen LogP contribution in [0.1, 0.15) is 31.2 Å². The van der Waals surface area contributed by atoms with E-state index in [1.54, 1.807) is 14.2 Å². The molecule has 2 unspecified atom stereocenters. The van der Waals surface area contributed by atoms with E-state index >= 15 is 0 Å². The fourth-order valence-corrected chi connectivity index (χ4v) is 4.63. The largest absolute Gasteiger partial charge is 0.493 e. The van der Waals surface area contributed by atoms with E-state index < -0.39 is 0 Å². The summed E-state index contributed by atoms with van der Waals surface area (Å²) in [6.45, 7) is 2.47. The highest BCUT2D eigenvalue weighted by Crippen LogP contribution is 2.51. The Balaban J connectivity index is 1.67. The molecule has 23 heavy (non-hydrogen) atoms. The Bertz CT molecular complexity index is 584. The molecule has 1 aromatic rings. The first-order valence-corrected chi connectivity index (χ1v) is 8.45. The van der Waals surface area contributed by atoms with Crippen LogP contribution in [-0.2, 0) is 14.9 Å². The highest BCUT2D eigenvalue weighted by Gasteiger charge is 2.54. The fourth-order valence-electron chi connectivity index (χ4n) is 4.63. The van der Waals surface area contributed by atoms with Gasteiger partial charge in [-0.05, 0) is 37.1 Å². The third kappa shape index (κ3) is 2.33. The van der Waals surface area contributed by atoms with Crippen LogP contribution in [0.15, 0.2) is 18.2 Å². The van der Waals surface area contributed by atoms with Crippen molar-refractivity contribution in [2.24, 2.45) is 0 Å². The van der Waals surface area contributed by atoms with Gasteiger partial charge >= 0.3 is 0 Å². The van der Waals surface area contributed by atoms with Crippen LogP contribution in [0.5, 0.6) is 11.5 Å². The number of nitrogens with one attached hydrogen (secondary N) is 1. The summed E-state index contributed by atoms with van der Waals surface area (Å²) < 4.78 is 22.8. The van der Waals surface area contributed by atoms with Gasteiger partial charge in [0.25, 0.3) is 0 Å². The number of methoxy groups -OCH3 is 2. The summed E-state index contributed by atoms with van der Waals surface area (Å²) in [6.07, 6.45) is 4.09. The Morgan fingerprint density at radius 1 is 1.04 bits per heavy atom. The number of benzene rings is 1. The molecule has 1 aromatic carbocycles. The second kappa shape index (κ2) is 5.65. The second-order valence-corrected chi connectivity index (χ2v) is 6.79. The van der Waals surface area contributed by atoms with Crippen LogP contribution in [-0.4, -0.2) is 45.8 Å². The number of hydrogen-bond acceptors (Lipinski definition) is 5. The molecule has 1 aliphatic carbocycles. The monoisotopic (exact) mass is 319 g/mol. The van der Waals surface area contributed by atoms with Crippen molar-refractivity contribution in [1.82, 2.24) is 5.32 Å². The third-order valence-corrected chi connectivity index (χ3v) is 5.87. The van der Waals surface area contributed by atoms with Gasteiger partial charge in [0.2, 0.25) is 0 Å². The van der Waals surface area contributed by atoms with Crippen molar-refractivity contribution in [2.45, 2.75) is 42.9 Å². The Morgan fingerprint density at radius 2 is 1.83 bits per heavy atom. The van der Waals surface area contributed by atoms with Crippen molar-refractivity contribution in [3.63, 3.8) is 0 Å². The lowest BCUT2D eigenvalue weighted by molar-refractivity contribution is -0.188. The molecule has 4 rings (SSSR count). The lowest BCUT2D eigenvalue weighted by Gasteiger charge is -2.46. The lowest BCUT2D eigenvalue weighted by atomic mass is 9.65. The van der Waals surface area contributed by atoms with E-state index in [9.17, 15) is 0 Å². The zero-order valence-corrected chi connectivity index (χ0v) is 13.9. The number of rotatable bonds is 3. The van der Waals surface area contributed by atoms with Gasteiger partial charge in [-0.1, -0.05) is 6.07 Å². The maximum atomic E-state index is 5.94. The first-order chi connectivity index (χ1) is 11.2. The predicted molar refractivity (Wildman–Crippen MR) is 86.1 cm³/mol. The molecule has 1 N–H and O–H groups in total. The molecule has 2 heterocycles. The van der Waals surface area contributed by atoms with Crippen molar-refractivity contribution in [3.05, 3.63) is 23.8 Å². The molecule has 3 aliphatic rings. The Kier molecular flexibility index (Phi) is 3.75.